The van der Waals surface area contributed by atoms with Gasteiger partial charge in [-0.2, -0.15) is 0 Å². The van der Waals surface area contributed by atoms with Crippen LogP contribution >= 0.6 is 0 Å². The third-order valence-corrected chi connectivity index (χ3v) is 7.12. The van der Waals surface area contributed by atoms with Crippen molar-refractivity contribution < 1.29 is 0 Å². The molecule has 178 valence electrons. The van der Waals surface area contributed by atoms with Gasteiger partial charge >= 0.3 is 0 Å². The lowest BCUT2D eigenvalue weighted by Crippen LogP contribution is -1.99. The summed E-state index contributed by atoms with van der Waals surface area (Å²) >= 11 is 0. The Morgan fingerprint density at radius 1 is 0.421 bits per heavy atom. The number of nitrogens with zero attached hydrogens (tertiary/aromatic N) is 5. The van der Waals surface area contributed by atoms with Crippen LogP contribution in [0.15, 0.2) is 127 Å². The highest BCUT2D eigenvalue weighted by atomic mass is 15.1. The van der Waals surface area contributed by atoms with Crippen LogP contribution in [-0.4, -0.2) is 24.1 Å². The Labute approximate surface area is 218 Å². The van der Waals surface area contributed by atoms with Gasteiger partial charge in [0.25, 0.3) is 0 Å². The van der Waals surface area contributed by atoms with Gasteiger partial charge in [-0.1, -0.05) is 60.7 Å². The van der Waals surface area contributed by atoms with Crippen LogP contribution < -0.4 is 0 Å². The fraction of sp³-hybridized carbons (Fsp3) is 0. The summed E-state index contributed by atoms with van der Waals surface area (Å²) in [5, 5.41) is 1.09. The van der Waals surface area contributed by atoms with Crippen molar-refractivity contribution >= 4 is 44.1 Å². The summed E-state index contributed by atoms with van der Waals surface area (Å²) in [6.07, 6.45) is 0. The van der Waals surface area contributed by atoms with Gasteiger partial charge in [-0.15, -0.1) is 0 Å². The Balaban J connectivity index is 1.34. The van der Waals surface area contributed by atoms with Crippen LogP contribution in [0, 0.1) is 0 Å². The smallest absolute Gasteiger partial charge is 0.165 e. The maximum absolute atomic E-state index is 5.04. The van der Waals surface area contributed by atoms with Crippen molar-refractivity contribution in [3.63, 3.8) is 0 Å². The van der Waals surface area contributed by atoms with E-state index in [1.54, 1.807) is 0 Å². The SMILES string of the molecule is c1ccc(-n2c(-c3ccc(-n4c5ccccc5c5nc6ccccc6nc54)cc3)nc3ccccc32)cc1. The van der Waals surface area contributed by atoms with Crippen molar-refractivity contribution in [2.24, 2.45) is 0 Å². The number of hydrogen-bond acceptors (Lipinski definition) is 3. The molecule has 3 heterocycles. The number of rotatable bonds is 3. The van der Waals surface area contributed by atoms with E-state index in [4.69, 9.17) is 15.0 Å². The molecule has 0 aliphatic rings. The van der Waals surface area contributed by atoms with Crippen molar-refractivity contribution in [1.82, 2.24) is 24.1 Å². The Hall–Kier alpha value is -5.29. The summed E-state index contributed by atoms with van der Waals surface area (Å²) in [6.45, 7) is 0. The molecule has 8 rings (SSSR count). The maximum atomic E-state index is 5.04. The quantitative estimate of drug-likeness (QED) is 0.256. The molecule has 0 spiro atoms. The van der Waals surface area contributed by atoms with Gasteiger partial charge in [-0.25, -0.2) is 15.0 Å². The molecule has 5 aromatic carbocycles. The van der Waals surface area contributed by atoms with Crippen molar-refractivity contribution in [1.29, 1.82) is 0 Å². The van der Waals surface area contributed by atoms with E-state index in [2.05, 4.69) is 100 Å². The molecule has 0 N–H and O–H groups in total. The van der Waals surface area contributed by atoms with Gasteiger partial charge < -0.3 is 0 Å². The Bertz CT molecular complexity index is 2120. The molecule has 0 amide bonds. The molecule has 0 atom stereocenters. The predicted molar refractivity (Wildman–Crippen MR) is 154 cm³/mol. The molecule has 0 bridgehead atoms. The molecule has 0 aliphatic heterocycles. The molecule has 3 aromatic heterocycles. The number of benzene rings is 5. The zero-order chi connectivity index (χ0) is 25.1. The lowest BCUT2D eigenvalue weighted by Gasteiger charge is -2.11. The lowest BCUT2D eigenvalue weighted by atomic mass is 10.1. The van der Waals surface area contributed by atoms with Crippen molar-refractivity contribution in [3.8, 4) is 22.8 Å². The third kappa shape index (κ3) is 3.09. The molecule has 5 nitrogen and oxygen atoms in total. The zero-order valence-corrected chi connectivity index (χ0v) is 20.4. The molecule has 0 aliphatic carbocycles. The molecule has 0 unspecified atom stereocenters. The van der Waals surface area contributed by atoms with E-state index in [0.717, 1.165) is 66.9 Å². The van der Waals surface area contributed by atoms with Gasteiger partial charge in [0.05, 0.1) is 27.6 Å². The van der Waals surface area contributed by atoms with Gasteiger partial charge in [-0.3, -0.25) is 9.13 Å². The minimum Gasteiger partial charge on any atom is -0.293 e. The van der Waals surface area contributed by atoms with E-state index in [-0.39, 0.29) is 0 Å². The van der Waals surface area contributed by atoms with Gasteiger partial charge in [-0.05, 0) is 66.7 Å². The summed E-state index contributed by atoms with van der Waals surface area (Å²) in [4.78, 5) is 15.0. The predicted octanol–water partition coefficient (Wildman–Crippen LogP) is 7.73. The van der Waals surface area contributed by atoms with Gasteiger partial charge in [0.2, 0.25) is 0 Å². The van der Waals surface area contributed by atoms with E-state index < -0.39 is 0 Å². The van der Waals surface area contributed by atoms with Crippen LogP contribution in [-0.2, 0) is 0 Å². The first-order valence-corrected chi connectivity index (χ1v) is 12.6. The largest absolute Gasteiger partial charge is 0.293 e. The molecule has 8 aromatic rings. The topological polar surface area (TPSA) is 48.5 Å². The molecule has 0 saturated carbocycles. The summed E-state index contributed by atoms with van der Waals surface area (Å²) in [5.41, 5.74) is 9.87. The molecular formula is C33H21N5. The van der Waals surface area contributed by atoms with Crippen molar-refractivity contribution in [2.45, 2.75) is 0 Å². The van der Waals surface area contributed by atoms with Crippen LogP contribution in [0.5, 0.6) is 0 Å². The Kier molecular flexibility index (Phi) is 4.45. The van der Waals surface area contributed by atoms with E-state index in [1.165, 1.54) is 0 Å². The van der Waals surface area contributed by atoms with Crippen LogP contribution in [0.4, 0.5) is 0 Å². The number of aromatic nitrogens is 5. The van der Waals surface area contributed by atoms with Crippen LogP contribution in [0.25, 0.3) is 66.9 Å². The molecule has 0 fully saturated rings. The second kappa shape index (κ2) is 8.11. The van der Waals surface area contributed by atoms with Crippen LogP contribution in [0.2, 0.25) is 0 Å². The summed E-state index contributed by atoms with van der Waals surface area (Å²) in [7, 11) is 0. The maximum Gasteiger partial charge on any atom is 0.165 e. The highest BCUT2D eigenvalue weighted by molar-refractivity contribution is 6.07. The normalized spacial score (nSPS) is 11.7. The second-order valence-electron chi connectivity index (χ2n) is 9.38. The first-order chi connectivity index (χ1) is 18.8. The van der Waals surface area contributed by atoms with E-state index >= 15 is 0 Å². The summed E-state index contributed by atoms with van der Waals surface area (Å²) in [6, 6.07) is 43.7. The second-order valence-corrected chi connectivity index (χ2v) is 9.38. The first-order valence-electron chi connectivity index (χ1n) is 12.6. The first kappa shape index (κ1) is 20.9. The lowest BCUT2D eigenvalue weighted by molar-refractivity contribution is 1.10. The van der Waals surface area contributed by atoms with E-state index in [9.17, 15) is 0 Å². The number of para-hydroxylation sites is 6. The van der Waals surface area contributed by atoms with E-state index in [1.807, 2.05) is 36.4 Å². The Morgan fingerprint density at radius 3 is 1.82 bits per heavy atom. The average Bonchev–Trinajstić information content (AvgIpc) is 3.52. The van der Waals surface area contributed by atoms with Crippen molar-refractivity contribution in [3.05, 3.63) is 127 Å². The standard InChI is InChI=1S/C33H21N5/c1-2-10-23(11-3-1)38-30-17-9-7-15-28(30)36-32(38)22-18-20-24(21-19-22)37-29-16-8-4-12-25(29)31-33(37)35-27-14-6-5-13-26(27)34-31/h1-21H. The van der Waals surface area contributed by atoms with Gasteiger partial charge in [0.1, 0.15) is 11.3 Å². The van der Waals surface area contributed by atoms with Gasteiger partial charge in [0.15, 0.2) is 5.65 Å². The number of hydrogen-bond donors (Lipinski definition) is 0. The third-order valence-electron chi connectivity index (χ3n) is 7.12. The number of fused-ring (bicyclic) bond motifs is 5. The Morgan fingerprint density at radius 2 is 1.03 bits per heavy atom. The molecule has 5 heteroatoms. The molecule has 0 saturated heterocycles. The zero-order valence-electron chi connectivity index (χ0n) is 20.4. The summed E-state index contributed by atoms with van der Waals surface area (Å²) in [5.74, 6) is 0.914. The fourth-order valence-corrected chi connectivity index (χ4v) is 5.39. The average molecular weight is 488 g/mol. The minimum absolute atomic E-state index is 0.856. The monoisotopic (exact) mass is 487 g/mol. The molecule has 0 radical (unpaired) electrons. The van der Waals surface area contributed by atoms with E-state index in [0.29, 0.717) is 0 Å². The summed E-state index contributed by atoms with van der Waals surface area (Å²) < 4.78 is 4.43. The molecular weight excluding hydrogens is 466 g/mol. The highest BCUT2D eigenvalue weighted by Crippen LogP contribution is 2.33. The highest BCUT2D eigenvalue weighted by Gasteiger charge is 2.17. The van der Waals surface area contributed by atoms with Crippen LogP contribution in [0.3, 0.4) is 0 Å². The van der Waals surface area contributed by atoms with Gasteiger partial charge in [0, 0.05) is 22.3 Å². The number of imidazole rings is 1. The minimum atomic E-state index is 0.856. The van der Waals surface area contributed by atoms with Crippen LogP contribution in [0.1, 0.15) is 0 Å². The molecule has 38 heavy (non-hydrogen) atoms. The fourth-order valence-electron chi connectivity index (χ4n) is 5.39. The van der Waals surface area contributed by atoms with Crippen molar-refractivity contribution in [2.75, 3.05) is 0 Å².